The topological polar surface area (TPSA) is 106 Å². The molecule has 1 aliphatic rings. The predicted molar refractivity (Wildman–Crippen MR) is 69.5 cm³/mol. The fraction of sp³-hybridized carbons (Fsp3) is 0.583. The minimum atomic E-state index is -0.751. The summed E-state index contributed by atoms with van der Waals surface area (Å²) in [4.78, 5) is 15.9. The van der Waals surface area contributed by atoms with E-state index in [0.29, 0.717) is 19.4 Å². The zero-order valence-electron chi connectivity index (χ0n) is 10.7. The Morgan fingerprint density at radius 1 is 1.53 bits per heavy atom. The quantitative estimate of drug-likeness (QED) is 0.217. The Kier molecular flexibility index (Phi) is 4.03. The Balaban J connectivity index is 1.65. The number of unbranched alkanes of at least 4 members (excludes halogenated alkanes) is 1. The van der Waals surface area contributed by atoms with E-state index < -0.39 is 5.41 Å². The van der Waals surface area contributed by atoms with Gasteiger partial charge in [-0.05, 0) is 25.7 Å². The van der Waals surface area contributed by atoms with Crippen molar-refractivity contribution in [1.82, 2.24) is 14.9 Å². The maximum Gasteiger partial charge on any atom is 0.233 e. The van der Waals surface area contributed by atoms with Crippen LogP contribution in [0.1, 0.15) is 25.7 Å². The number of carbonyl (C=O) groups excluding carboxylic acids is 1. The fourth-order valence-corrected chi connectivity index (χ4v) is 2.03. The Hall–Kier alpha value is -2.05. The molecule has 0 saturated heterocycles. The number of amidine groups is 1. The van der Waals surface area contributed by atoms with Crippen LogP contribution in [0.2, 0.25) is 0 Å². The molecule has 1 aliphatic carbocycles. The predicted octanol–water partition coefficient (Wildman–Crippen LogP) is 0.306. The molecule has 0 aromatic carbocycles. The van der Waals surface area contributed by atoms with Crippen LogP contribution in [0.3, 0.4) is 0 Å². The summed E-state index contributed by atoms with van der Waals surface area (Å²) in [5, 5.41) is 14.4. The molecular weight excluding hydrogens is 246 g/mol. The lowest BCUT2D eigenvalue weighted by Gasteiger charge is -2.13. The first kappa shape index (κ1) is 13.4. The molecule has 4 N–H and O–H groups in total. The van der Waals surface area contributed by atoms with Crippen molar-refractivity contribution in [3.05, 3.63) is 18.7 Å². The lowest BCUT2D eigenvalue weighted by atomic mass is 10.1. The van der Waals surface area contributed by atoms with Crippen LogP contribution >= 0.6 is 0 Å². The van der Waals surface area contributed by atoms with Gasteiger partial charge in [0.15, 0.2) is 5.84 Å². The summed E-state index contributed by atoms with van der Waals surface area (Å²) in [6.45, 7) is 1.50. The van der Waals surface area contributed by atoms with Crippen LogP contribution in [0.5, 0.6) is 0 Å². The molecule has 0 spiro atoms. The molecule has 0 bridgehead atoms. The van der Waals surface area contributed by atoms with Gasteiger partial charge in [0.2, 0.25) is 5.91 Å². The first-order valence-corrected chi connectivity index (χ1v) is 6.41. The van der Waals surface area contributed by atoms with E-state index in [2.05, 4.69) is 15.5 Å². The second kappa shape index (κ2) is 5.73. The molecule has 0 unspecified atom stereocenters. The molecule has 1 aromatic rings. The van der Waals surface area contributed by atoms with Crippen LogP contribution in [0.25, 0.3) is 0 Å². The van der Waals surface area contributed by atoms with Crippen LogP contribution in [-0.4, -0.2) is 33.0 Å². The van der Waals surface area contributed by atoms with Gasteiger partial charge in [-0.2, -0.15) is 0 Å². The Bertz CT molecular complexity index is 451. The van der Waals surface area contributed by atoms with Crippen molar-refractivity contribution in [2.45, 2.75) is 32.2 Å². The Morgan fingerprint density at radius 3 is 2.89 bits per heavy atom. The number of nitrogens with one attached hydrogen (secondary N) is 1. The van der Waals surface area contributed by atoms with Crippen LogP contribution in [0.4, 0.5) is 0 Å². The van der Waals surface area contributed by atoms with E-state index in [0.717, 1.165) is 19.4 Å². The van der Waals surface area contributed by atoms with Crippen LogP contribution < -0.4 is 11.1 Å². The summed E-state index contributed by atoms with van der Waals surface area (Å²) in [6, 6.07) is 0. The molecular formula is C12H19N5O2. The van der Waals surface area contributed by atoms with E-state index in [9.17, 15) is 4.79 Å². The Morgan fingerprint density at radius 2 is 2.32 bits per heavy atom. The average molecular weight is 265 g/mol. The molecule has 7 heteroatoms. The number of rotatable bonds is 7. The summed E-state index contributed by atoms with van der Waals surface area (Å²) in [7, 11) is 0. The van der Waals surface area contributed by atoms with Gasteiger partial charge < -0.3 is 20.8 Å². The smallest absolute Gasteiger partial charge is 0.233 e. The average Bonchev–Trinajstić information content (AvgIpc) is 3.08. The van der Waals surface area contributed by atoms with Gasteiger partial charge in [-0.1, -0.05) is 5.16 Å². The molecule has 1 amide bonds. The van der Waals surface area contributed by atoms with Crippen LogP contribution in [-0.2, 0) is 11.3 Å². The molecule has 2 rings (SSSR count). The molecule has 19 heavy (non-hydrogen) atoms. The Labute approximate surface area is 111 Å². The number of amides is 1. The summed E-state index contributed by atoms with van der Waals surface area (Å²) in [5.74, 6) is -0.117. The zero-order valence-corrected chi connectivity index (χ0v) is 10.7. The van der Waals surface area contributed by atoms with Crippen molar-refractivity contribution < 1.29 is 10.0 Å². The van der Waals surface area contributed by atoms with Crippen LogP contribution in [0.15, 0.2) is 23.9 Å². The fourth-order valence-electron chi connectivity index (χ4n) is 2.03. The van der Waals surface area contributed by atoms with Crippen molar-refractivity contribution in [2.75, 3.05) is 6.54 Å². The number of oxime groups is 1. The SMILES string of the molecule is N/C(=N/O)C1(C(=O)NCCCCn2ccnc2)CC1. The highest BCUT2D eigenvalue weighted by molar-refractivity contribution is 6.09. The number of aromatic nitrogens is 2. The van der Waals surface area contributed by atoms with Gasteiger partial charge in [0.05, 0.1) is 6.33 Å². The summed E-state index contributed by atoms with van der Waals surface area (Å²) < 4.78 is 2.00. The maximum absolute atomic E-state index is 11.9. The number of hydrogen-bond acceptors (Lipinski definition) is 4. The third kappa shape index (κ3) is 3.04. The third-order valence-corrected chi connectivity index (χ3v) is 3.47. The van der Waals surface area contributed by atoms with Crippen LogP contribution in [0, 0.1) is 5.41 Å². The minimum absolute atomic E-state index is 0.0171. The lowest BCUT2D eigenvalue weighted by molar-refractivity contribution is -0.124. The van der Waals surface area contributed by atoms with E-state index in [-0.39, 0.29) is 11.7 Å². The summed E-state index contributed by atoms with van der Waals surface area (Å²) >= 11 is 0. The number of imidazole rings is 1. The van der Waals surface area contributed by atoms with Gasteiger partial charge >= 0.3 is 0 Å². The van der Waals surface area contributed by atoms with E-state index >= 15 is 0 Å². The van der Waals surface area contributed by atoms with Crippen molar-refractivity contribution >= 4 is 11.7 Å². The molecule has 0 radical (unpaired) electrons. The van der Waals surface area contributed by atoms with E-state index in [1.807, 2.05) is 10.8 Å². The number of nitrogens with zero attached hydrogens (tertiary/aromatic N) is 3. The largest absolute Gasteiger partial charge is 0.409 e. The van der Waals surface area contributed by atoms with Gasteiger partial charge in [0.1, 0.15) is 5.41 Å². The van der Waals surface area contributed by atoms with Crippen molar-refractivity contribution in [3.8, 4) is 0 Å². The first-order chi connectivity index (χ1) is 9.19. The van der Waals surface area contributed by atoms with Gasteiger partial charge in [-0.15, -0.1) is 0 Å². The maximum atomic E-state index is 11.9. The number of nitrogens with two attached hydrogens (primary N) is 1. The normalized spacial score (nSPS) is 17.2. The van der Waals surface area contributed by atoms with Gasteiger partial charge in [-0.25, -0.2) is 4.98 Å². The summed E-state index contributed by atoms with van der Waals surface area (Å²) in [6.07, 6.45) is 8.60. The van der Waals surface area contributed by atoms with Crippen molar-refractivity contribution in [3.63, 3.8) is 0 Å². The first-order valence-electron chi connectivity index (χ1n) is 6.41. The highest BCUT2D eigenvalue weighted by Gasteiger charge is 2.53. The second-order valence-electron chi connectivity index (χ2n) is 4.83. The standard InChI is InChI=1S/C12H19N5O2/c13-10(16-19)12(3-4-12)11(18)15-5-1-2-7-17-8-6-14-9-17/h6,8-9,19H,1-5,7H2,(H2,13,16)(H,15,18). The minimum Gasteiger partial charge on any atom is -0.409 e. The number of aryl methyl sites for hydroxylation is 1. The summed E-state index contributed by atoms with van der Waals surface area (Å²) in [5.41, 5.74) is 4.79. The molecule has 0 aliphatic heterocycles. The van der Waals surface area contributed by atoms with E-state index in [1.165, 1.54) is 0 Å². The lowest BCUT2D eigenvalue weighted by Crippen LogP contribution is -2.41. The zero-order chi connectivity index (χ0) is 13.7. The monoisotopic (exact) mass is 265 g/mol. The molecule has 1 fully saturated rings. The molecule has 1 heterocycles. The van der Waals surface area contributed by atoms with E-state index in [1.54, 1.807) is 12.5 Å². The number of hydrogen-bond donors (Lipinski definition) is 3. The van der Waals surface area contributed by atoms with Gasteiger partial charge in [-0.3, -0.25) is 4.79 Å². The second-order valence-corrected chi connectivity index (χ2v) is 4.83. The molecule has 104 valence electrons. The highest BCUT2D eigenvalue weighted by Crippen LogP contribution is 2.45. The van der Waals surface area contributed by atoms with Gasteiger partial charge in [0, 0.05) is 25.5 Å². The van der Waals surface area contributed by atoms with Gasteiger partial charge in [0.25, 0.3) is 0 Å². The van der Waals surface area contributed by atoms with E-state index in [4.69, 9.17) is 10.9 Å². The molecule has 1 aromatic heterocycles. The highest BCUT2D eigenvalue weighted by atomic mass is 16.4. The molecule has 1 saturated carbocycles. The number of carbonyl (C=O) groups is 1. The molecule has 7 nitrogen and oxygen atoms in total. The van der Waals surface area contributed by atoms with Crippen molar-refractivity contribution in [1.29, 1.82) is 0 Å². The third-order valence-electron chi connectivity index (χ3n) is 3.47. The molecule has 0 atom stereocenters. The van der Waals surface area contributed by atoms with Crippen molar-refractivity contribution in [2.24, 2.45) is 16.3 Å².